The lowest BCUT2D eigenvalue weighted by Crippen LogP contribution is -2.44. The molecular weight excluding hydrogens is 585 g/mol. The third-order valence-electron chi connectivity index (χ3n) is 10.9. The SMILES string of the molecule is CN(CCCCCCCO[Si](C)(C)C(C)(C)C)C1(c2ccc(B3OC(C)(C)C(C)(C)O3)c(OCc3ccccc3)c2)C=CC=CC1. The lowest BCUT2D eigenvalue weighted by atomic mass is 9.75. The molecule has 1 unspecified atom stereocenters. The number of hydrogen-bond donors (Lipinski definition) is 0. The third-order valence-corrected chi connectivity index (χ3v) is 15.4. The number of benzene rings is 2. The molecule has 1 fully saturated rings. The Bertz CT molecular complexity index is 1320. The summed E-state index contributed by atoms with van der Waals surface area (Å²) < 4.78 is 25.9. The van der Waals surface area contributed by atoms with Crippen LogP contribution in [0.15, 0.2) is 72.8 Å². The van der Waals surface area contributed by atoms with Crippen LogP contribution in [0.5, 0.6) is 5.75 Å². The van der Waals surface area contributed by atoms with Crippen molar-refractivity contribution >= 4 is 20.9 Å². The highest BCUT2D eigenvalue weighted by atomic mass is 28.4. The Balaban J connectivity index is 1.45. The van der Waals surface area contributed by atoms with Crippen molar-refractivity contribution in [1.82, 2.24) is 4.90 Å². The number of unbranched alkanes of at least 4 members (excludes halogenated alkanes) is 4. The van der Waals surface area contributed by atoms with E-state index in [2.05, 4.69) is 140 Å². The van der Waals surface area contributed by atoms with Gasteiger partial charge in [-0.3, -0.25) is 4.90 Å². The molecule has 0 aromatic heterocycles. The standard InChI is InChI=1S/C39H60BNO4Si/c1-36(2,3)46(9,10)43-29-21-13-11-12-20-28-41(8)39(26-18-15-19-27-39)33-24-25-34(40-44-37(4,5)38(6,7)45-40)35(30-33)42-31-32-22-16-14-17-23-32/h14-19,22-26,30H,11-13,20-21,27-29,31H2,1-10H3. The Morgan fingerprint density at radius 2 is 1.52 bits per heavy atom. The zero-order valence-electron chi connectivity index (χ0n) is 30.4. The summed E-state index contributed by atoms with van der Waals surface area (Å²) in [5.74, 6) is 0.815. The number of nitrogens with zero attached hydrogens (tertiary/aromatic N) is 1. The molecule has 0 saturated carbocycles. The maximum Gasteiger partial charge on any atom is 0.498 e. The van der Waals surface area contributed by atoms with E-state index in [-0.39, 0.29) is 10.6 Å². The molecule has 5 nitrogen and oxygen atoms in total. The first-order chi connectivity index (χ1) is 21.6. The van der Waals surface area contributed by atoms with Gasteiger partial charge in [0.05, 0.1) is 16.7 Å². The van der Waals surface area contributed by atoms with Gasteiger partial charge >= 0.3 is 7.12 Å². The van der Waals surface area contributed by atoms with Gasteiger partial charge in [-0.2, -0.15) is 0 Å². The summed E-state index contributed by atoms with van der Waals surface area (Å²) in [4.78, 5) is 2.53. The summed E-state index contributed by atoms with van der Waals surface area (Å²) in [6.45, 7) is 22.4. The zero-order chi connectivity index (χ0) is 33.6. The molecule has 7 heteroatoms. The molecule has 0 N–H and O–H groups in total. The van der Waals surface area contributed by atoms with Gasteiger partial charge in [-0.05, 0) is 95.9 Å². The van der Waals surface area contributed by atoms with Crippen LogP contribution in [-0.2, 0) is 25.9 Å². The fraction of sp³-hybridized carbons (Fsp3) is 0.590. The average Bonchev–Trinajstić information content (AvgIpc) is 3.23. The molecule has 1 aliphatic carbocycles. The van der Waals surface area contributed by atoms with Crippen LogP contribution in [0.2, 0.25) is 18.1 Å². The molecule has 1 atom stereocenters. The first kappa shape index (κ1) is 36.7. The van der Waals surface area contributed by atoms with Crippen molar-refractivity contribution in [3.63, 3.8) is 0 Å². The van der Waals surface area contributed by atoms with Gasteiger partial charge in [0, 0.05) is 12.1 Å². The van der Waals surface area contributed by atoms with Gasteiger partial charge in [0.25, 0.3) is 0 Å². The summed E-state index contributed by atoms with van der Waals surface area (Å²) in [5.41, 5.74) is 2.19. The molecule has 0 amide bonds. The van der Waals surface area contributed by atoms with Gasteiger partial charge < -0.3 is 18.5 Å². The first-order valence-corrected chi connectivity index (χ1v) is 20.4. The van der Waals surface area contributed by atoms with Crippen LogP contribution < -0.4 is 10.2 Å². The van der Waals surface area contributed by atoms with Crippen LogP contribution in [0, 0.1) is 0 Å². The highest BCUT2D eigenvalue weighted by Gasteiger charge is 2.52. The molecule has 1 heterocycles. The summed E-state index contributed by atoms with van der Waals surface area (Å²) in [5, 5.41) is 0.275. The van der Waals surface area contributed by atoms with E-state index >= 15 is 0 Å². The van der Waals surface area contributed by atoms with Gasteiger partial charge in [-0.25, -0.2) is 0 Å². The van der Waals surface area contributed by atoms with Gasteiger partial charge in [-0.15, -0.1) is 0 Å². The number of rotatable bonds is 15. The predicted molar refractivity (Wildman–Crippen MR) is 196 cm³/mol. The molecule has 0 radical (unpaired) electrons. The Kier molecular flexibility index (Phi) is 11.9. The van der Waals surface area contributed by atoms with E-state index in [1.165, 1.54) is 31.2 Å². The Hall–Kier alpha value is -2.16. The van der Waals surface area contributed by atoms with Crippen LogP contribution in [0.3, 0.4) is 0 Å². The van der Waals surface area contributed by atoms with Crippen molar-refractivity contribution in [3.8, 4) is 5.75 Å². The van der Waals surface area contributed by atoms with Crippen LogP contribution in [0.1, 0.15) is 98.1 Å². The molecule has 0 bridgehead atoms. The Morgan fingerprint density at radius 1 is 0.870 bits per heavy atom. The molecule has 252 valence electrons. The molecule has 2 aromatic rings. The molecule has 0 spiro atoms. The molecule has 1 saturated heterocycles. The van der Waals surface area contributed by atoms with Crippen molar-refractivity contribution in [2.45, 2.75) is 128 Å². The van der Waals surface area contributed by atoms with E-state index in [1.54, 1.807) is 0 Å². The van der Waals surface area contributed by atoms with Crippen molar-refractivity contribution in [3.05, 3.63) is 84.0 Å². The normalized spacial score (nSPS) is 20.9. The second-order valence-electron chi connectivity index (χ2n) is 15.8. The highest BCUT2D eigenvalue weighted by Crippen LogP contribution is 2.40. The van der Waals surface area contributed by atoms with Crippen LogP contribution in [-0.4, -0.2) is 51.7 Å². The number of likely N-dealkylation sites (N-methyl/N-ethyl adjacent to an activating group) is 1. The fourth-order valence-corrected chi connectivity index (χ4v) is 6.97. The minimum Gasteiger partial charge on any atom is -0.489 e. The molecule has 2 aliphatic rings. The zero-order valence-corrected chi connectivity index (χ0v) is 31.4. The lowest BCUT2D eigenvalue weighted by Gasteiger charge is -2.41. The van der Waals surface area contributed by atoms with E-state index in [1.807, 2.05) is 6.07 Å². The molecule has 46 heavy (non-hydrogen) atoms. The average molecular weight is 646 g/mol. The summed E-state index contributed by atoms with van der Waals surface area (Å²) >= 11 is 0. The van der Waals surface area contributed by atoms with Crippen molar-refractivity contribution in [2.24, 2.45) is 0 Å². The van der Waals surface area contributed by atoms with Gasteiger partial charge in [-0.1, -0.05) is 107 Å². The Morgan fingerprint density at radius 3 is 2.15 bits per heavy atom. The quantitative estimate of drug-likeness (QED) is 0.143. The van der Waals surface area contributed by atoms with E-state index in [0.29, 0.717) is 6.61 Å². The van der Waals surface area contributed by atoms with E-state index < -0.39 is 26.6 Å². The molecule has 4 rings (SSSR count). The van der Waals surface area contributed by atoms with E-state index in [0.717, 1.165) is 42.8 Å². The molecule has 1 aliphatic heterocycles. The largest absolute Gasteiger partial charge is 0.498 e. The number of allylic oxidation sites excluding steroid dienone is 2. The second kappa shape index (κ2) is 14.9. The molecule has 2 aromatic carbocycles. The predicted octanol–water partition coefficient (Wildman–Crippen LogP) is 9.18. The van der Waals surface area contributed by atoms with Crippen molar-refractivity contribution in [2.75, 3.05) is 20.2 Å². The number of hydrogen-bond acceptors (Lipinski definition) is 5. The molecular formula is C39H60BNO4Si. The number of ether oxygens (including phenoxy) is 1. The van der Waals surface area contributed by atoms with E-state index in [9.17, 15) is 0 Å². The van der Waals surface area contributed by atoms with Gasteiger partial charge in [0.15, 0.2) is 8.32 Å². The van der Waals surface area contributed by atoms with Crippen molar-refractivity contribution < 1.29 is 18.5 Å². The maximum absolute atomic E-state index is 6.58. The summed E-state index contributed by atoms with van der Waals surface area (Å²) in [6, 6.07) is 17.0. The maximum atomic E-state index is 6.58. The fourth-order valence-electron chi connectivity index (χ4n) is 5.88. The van der Waals surface area contributed by atoms with E-state index in [4.69, 9.17) is 18.5 Å². The van der Waals surface area contributed by atoms with Gasteiger partial charge in [0.1, 0.15) is 12.4 Å². The van der Waals surface area contributed by atoms with Crippen LogP contribution >= 0.6 is 0 Å². The topological polar surface area (TPSA) is 40.2 Å². The minimum atomic E-state index is -1.65. The third kappa shape index (κ3) is 8.65. The summed E-state index contributed by atoms with van der Waals surface area (Å²) in [6.07, 6.45) is 15.9. The summed E-state index contributed by atoms with van der Waals surface area (Å²) in [7, 11) is 0.126. The highest BCUT2D eigenvalue weighted by molar-refractivity contribution is 6.74. The minimum absolute atomic E-state index is 0.245. The second-order valence-corrected chi connectivity index (χ2v) is 20.6. The van der Waals surface area contributed by atoms with Gasteiger partial charge in [0.2, 0.25) is 0 Å². The lowest BCUT2D eigenvalue weighted by molar-refractivity contribution is 0.00578. The Labute approximate surface area is 282 Å². The monoisotopic (exact) mass is 645 g/mol. The van der Waals surface area contributed by atoms with Crippen LogP contribution in [0.4, 0.5) is 0 Å². The smallest absolute Gasteiger partial charge is 0.489 e. The van der Waals surface area contributed by atoms with Crippen molar-refractivity contribution in [1.29, 1.82) is 0 Å². The first-order valence-electron chi connectivity index (χ1n) is 17.4. The van der Waals surface area contributed by atoms with Crippen LogP contribution in [0.25, 0.3) is 0 Å².